The molecular formula is C19H29N3O. The van der Waals surface area contributed by atoms with Gasteiger partial charge in [0.2, 0.25) is 5.91 Å². The number of benzene rings is 1. The molecule has 4 heteroatoms. The molecule has 0 bridgehead atoms. The van der Waals surface area contributed by atoms with Crippen molar-refractivity contribution in [3.8, 4) is 0 Å². The van der Waals surface area contributed by atoms with Gasteiger partial charge in [-0.05, 0) is 49.8 Å². The summed E-state index contributed by atoms with van der Waals surface area (Å²) in [6, 6.07) is 6.74. The molecule has 4 nitrogen and oxygen atoms in total. The van der Waals surface area contributed by atoms with Gasteiger partial charge in [0.1, 0.15) is 6.04 Å². The summed E-state index contributed by atoms with van der Waals surface area (Å²) in [5, 5.41) is 10.3. The molecule has 126 valence electrons. The lowest BCUT2D eigenvalue weighted by atomic mass is 9.86. The molecule has 0 radical (unpaired) electrons. The van der Waals surface area contributed by atoms with Crippen LogP contribution in [0.15, 0.2) is 18.2 Å². The summed E-state index contributed by atoms with van der Waals surface area (Å²) < 4.78 is 0. The average molecular weight is 315 g/mol. The molecule has 0 aromatic heterocycles. The molecule has 4 atom stereocenters. The van der Waals surface area contributed by atoms with Crippen molar-refractivity contribution in [1.29, 1.82) is 0 Å². The summed E-state index contributed by atoms with van der Waals surface area (Å²) >= 11 is 0. The number of hydrogen-bond donors (Lipinski definition) is 3. The maximum Gasteiger partial charge on any atom is 0.243 e. The fourth-order valence-electron chi connectivity index (χ4n) is 4.05. The highest BCUT2D eigenvalue weighted by molar-refractivity contribution is 5.88. The van der Waals surface area contributed by atoms with Crippen LogP contribution in [-0.4, -0.2) is 30.6 Å². The number of carbonyl (C=O) groups excluding carboxylic acids is 1. The van der Waals surface area contributed by atoms with Crippen LogP contribution in [0.25, 0.3) is 0 Å². The van der Waals surface area contributed by atoms with E-state index in [0.717, 1.165) is 25.1 Å². The van der Waals surface area contributed by atoms with E-state index in [2.05, 4.69) is 54.9 Å². The Morgan fingerprint density at radius 3 is 2.96 bits per heavy atom. The van der Waals surface area contributed by atoms with Crippen LogP contribution in [0.1, 0.15) is 44.2 Å². The van der Waals surface area contributed by atoms with Gasteiger partial charge in [-0.2, -0.15) is 0 Å². The zero-order valence-corrected chi connectivity index (χ0v) is 14.5. The van der Waals surface area contributed by atoms with E-state index in [0.29, 0.717) is 12.0 Å². The van der Waals surface area contributed by atoms with Crippen molar-refractivity contribution in [3.63, 3.8) is 0 Å². The second-order valence-electron chi connectivity index (χ2n) is 7.13. The van der Waals surface area contributed by atoms with Gasteiger partial charge in [-0.25, -0.2) is 0 Å². The summed E-state index contributed by atoms with van der Waals surface area (Å²) in [7, 11) is 0. The molecule has 0 spiro atoms. The third kappa shape index (κ3) is 3.37. The number of fused-ring (bicyclic) bond motifs is 1. The van der Waals surface area contributed by atoms with Crippen LogP contribution >= 0.6 is 0 Å². The Labute approximate surface area is 139 Å². The molecule has 0 aliphatic carbocycles. The second-order valence-corrected chi connectivity index (χ2v) is 7.13. The summed E-state index contributed by atoms with van der Waals surface area (Å²) in [5.74, 6) is 0.747. The molecule has 1 fully saturated rings. The minimum atomic E-state index is -0.140. The third-order valence-corrected chi connectivity index (χ3v) is 5.45. The number of hydrogen-bond acceptors (Lipinski definition) is 3. The highest BCUT2D eigenvalue weighted by Crippen LogP contribution is 2.29. The normalized spacial score (nSPS) is 27.9. The smallest absolute Gasteiger partial charge is 0.243 e. The molecular weight excluding hydrogens is 286 g/mol. The van der Waals surface area contributed by atoms with Crippen molar-refractivity contribution in [1.82, 2.24) is 10.6 Å². The number of rotatable bonds is 4. The number of aryl methyl sites for hydroxylation is 1. The quantitative estimate of drug-likeness (QED) is 0.800. The van der Waals surface area contributed by atoms with Crippen LogP contribution in [0, 0.1) is 12.8 Å². The molecule has 1 aromatic carbocycles. The minimum absolute atomic E-state index is 0.132. The molecule has 1 saturated heterocycles. The van der Waals surface area contributed by atoms with Crippen LogP contribution in [0.2, 0.25) is 0 Å². The second kappa shape index (κ2) is 6.91. The highest BCUT2D eigenvalue weighted by Gasteiger charge is 2.32. The van der Waals surface area contributed by atoms with Gasteiger partial charge in [0.05, 0.1) is 0 Å². The topological polar surface area (TPSA) is 53.2 Å². The van der Waals surface area contributed by atoms with Gasteiger partial charge in [-0.15, -0.1) is 0 Å². The Hall–Kier alpha value is -1.55. The molecule has 1 aromatic rings. The number of amides is 1. The number of piperidine rings is 1. The van der Waals surface area contributed by atoms with Gasteiger partial charge in [0.25, 0.3) is 0 Å². The van der Waals surface area contributed by atoms with Gasteiger partial charge in [0.15, 0.2) is 0 Å². The third-order valence-electron chi connectivity index (χ3n) is 5.45. The molecule has 2 aliphatic rings. The summed E-state index contributed by atoms with van der Waals surface area (Å²) in [6.07, 6.45) is 4.23. The number of anilines is 1. The predicted molar refractivity (Wildman–Crippen MR) is 94.7 cm³/mol. The van der Waals surface area contributed by atoms with Crippen LogP contribution in [0.5, 0.6) is 0 Å². The Balaban J connectivity index is 1.64. The minimum Gasteiger partial charge on any atom is -0.373 e. The van der Waals surface area contributed by atoms with E-state index in [1.165, 1.54) is 24.0 Å². The standard InChI is InChI=1S/C19H29N3O/c1-4-15(18-13(3)8-6-10-20-18)22-19(23)16-11-14-9-5-7-12(2)17(14)21-16/h5,7,9,13,15-16,18,20-21H,4,6,8,10-11H2,1-3H3,(H,22,23). The van der Waals surface area contributed by atoms with E-state index >= 15 is 0 Å². The molecule has 3 N–H and O–H groups in total. The zero-order chi connectivity index (χ0) is 16.4. The van der Waals surface area contributed by atoms with Gasteiger partial charge in [-0.3, -0.25) is 4.79 Å². The van der Waals surface area contributed by atoms with E-state index in [1.54, 1.807) is 0 Å². The van der Waals surface area contributed by atoms with E-state index < -0.39 is 0 Å². The monoisotopic (exact) mass is 315 g/mol. The first-order valence-electron chi connectivity index (χ1n) is 8.99. The Kier molecular flexibility index (Phi) is 4.90. The first-order valence-corrected chi connectivity index (χ1v) is 8.99. The highest BCUT2D eigenvalue weighted by atomic mass is 16.2. The number of para-hydroxylation sites is 1. The number of carbonyl (C=O) groups is 1. The Morgan fingerprint density at radius 1 is 1.43 bits per heavy atom. The lowest BCUT2D eigenvalue weighted by Gasteiger charge is -2.36. The largest absolute Gasteiger partial charge is 0.373 e. The average Bonchev–Trinajstić information content (AvgIpc) is 2.99. The van der Waals surface area contributed by atoms with Crippen molar-refractivity contribution in [2.45, 2.75) is 64.6 Å². The van der Waals surface area contributed by atoms with Crippen molar-refractivity contribution in [2.75, 3.05) is 11.9 Å². The maximum atomic E-state index is 12.7. The van der Waals surface area contributed by atoms with Gasteiger partial charge >= 0.3 is 0 Å². The first-order chi connectivity index (χ1) is 11.1. The summed E-state index contributed by atoms with van der Waals surface area (Å²) in [4.78, 5) is 12.7. The van der Waals surface area contributed by atoms with Crippen LogP contribution < -0.4 is 16.0 Å². The van der Waals surface area contributed by atoms with Gasteiger partial charge < -0.3 is 16.0 Å². The van der Waals surface area contributed by atoms with Crippen LogP contribution in [0.3, 0.4) is 0 Å². The lowest BCUT2D eigenvalue weighted by molar-refractivity contribution is -0.122. The van der Waals surface area contributed by atoms with E-state index in [-0.39, 0.29) is 18.0 Å². The molecule has 1 amide bonds. The van der Waals surface area contributed by atoms with Crippen LogP contribution in [-0.2, 0) is 11.2 Å². The maximum absolute atomic E-state index is 12.7. The lowest BCUT2D eigenvalue weighted by Crippen LogP contribution is -2.56. The fourth-order valence-corrected chi connectivity index (χ4v) is 4.05. The summed E-state index contributed by atoms with van der Waals surface area (Å²) in [5.41, 5.74) is 3.61. The van der Waals surface area contributed by atoms with E-state index in [4.69, 9.17) is 0 Å². The van der Waals surface area contributed by atoms with E-state index in [9.17, 15) is 4.79 Å². The zero-order valence-electron chi connectivity index (χ0n) is 14.5. The van der Waals surface area contributed by atoms with Crippen molar-refractivity contribution in [2.24, 2.45) is 5.92 Å². The van der Waals surface area contributed by atoms with Crippen molar-refractivity contribution in [3.05, 3.63) is 29.3 Å². The number of nitrogens with one attached hydrogen (secondary N) is 3. The predicted octanol–water partition coefficient (Wildman–Crippen LogP) is 2.61. The van der Waals surface area contributed by atoms with Gasteiger partial charge in [-0.1, -0.05) is 32.0 Å². The Bertz CT molecular complexity index is 572. The molecule has 3 rings (SSSR count). The fraction of sp³-hybridized carbons (Fsp3) is 0.632. The Morgan fingerprint density at radius 2 is 2.26 bits per heavy atom. The molecule has 4 unspecified atom stereocenters. The SMILES string of the molecule is CCC(NC(=O)C1Cc2cccc(C)c2N1)C1NCCCC1C. The summed E-state index contributed by atoms with van der Waals surface area (Å²) in [6.45, 7) is 7.61. The molecule has 0 saturated carbocycles. The van der Waals surface area contributed by atoms with Crippen molar-refractivity contribution < 1.29 is 4.79 Å². The van der Waals surface area contributed by atoms with E-state index in [1.807, 2.05) is 0 Å². The molecule has 23 heavy (non-hydrogen) atoms. The van der Waals surface area contributed by atoms with Crippen molar-refractivity contribution >= 4 is 11.6 Å². The van der Waals surface area contributed by atoms with Crippen LogP contribution in [0.4, 0.5) is 5.69 Å². The first kappa shape index (κ1) is 16.3. The van der Waals surface area contributed by atoms with Gasteiger partial charge in [0, 0.05) is 24.2 Å². The molecule has 2 aliphatic heterocycles. The molecule has 2 heterocycles.